The Kier molecular flexibility index (Phi) is 6.78. The minimum Gasteiger partial charge on any atom is -0.302 e. The van der Waals surface area contributed by atoms with Crippen molar-refractivity contribution in [3.63, 3.8) is 0 Å². The van der Waals surface area contributed by atoms with Gasteiger partial charge < -0.3 is 4.90 Å². The Hall–Kier alpha value is -0.520. The predicted octanol–water partition coefficient (Wildman–Crippen LogP) is 3.87. The quantitative estimate of drug-likeness (QED) is 0.687. The molecule has 0 aliphatic carbocycles. The maximum absolute atomic E-state index is 3.38. The van der Waals surface area contributed by atoms with Crippen molar-refractivity contribution in [3.8, 4) is 11.8 Å². The summed E-state index contributed by atoms with van der Waals surface area (Å²) in [7, 11) is 0. The van der Waals surface area contributed by atoms with Gasteiger partial charge in [0.15, 0.2) is 0 Å². The zero-order valence-corrected chi connectivity index (χ0v) is 15.3. The molecule has 1 spiro atoms. The summed E-state index contributed by atoms with van der Waals surface area (Å²) in [6.07, 6.45) is 6.65. The molecule has 2 aliphatic heterocycles. The third-order valence-corrected chi connectivity index (χ3v) is 5.65. The van der Waals surface area contributed by atoms with Crippen LogP contribution in [0.1, 0.15) is 59.8 Å². The Morgan fingerprint density at radius 2 is 1.73 bits per heavy atom. The Morgan fingerprint density at radius 3 is 2.32 bits per heavy atom. The fraction of sp³-hybridized carbons (Fsp3) is 0.900. The van der Waals surface area contributed by atoms with E-state index in [9.17, 15) is 0 Å². The molecule has 2 unspecified atom stereocenters. The Balaban J connectivity index is 1.65. The smallest absolute Gasteiger partial charge is 0.0601 e. The first-order valence-electron chi connectivity index (χ1n) is 9.50. The van der Waals surface area contributed by atoms with Crippen LogP contribution in [0.4, 0.5) is 0 Å². The van der Waals surface area contributed by atoms with Gasteiger partial charge in [-0.25, -0.2) is 0 Å². The second kappa shape index (κ2) is 8.37. The van der Waals surface area contributed by atoms with Gasteiger partial charge in [0.1, 0.15) is 0 Å². The second-order valence-corrected chi connectivity index (χ2v) is 7.97. The number of likely N-dealkylation sites (tertiary alicyclic amines) is 2. The van der Waals surface area contributed by atoms with Crippen LogP contribution in [0.25, 0.3) is 0 Å². The summed E-state index contributed by atoms with van der Waals surface area (Å²) in [5.74, 6) is 8.18. The zero-order chi connectivity index (χ0) is 16.0. The predicted molar refractivity (Wildman–Crippen MR) is 95.9 cm³/mol. The molecule has 0 amide bonds. The molecule has 22 heavy (non-hydrogen) atoms. The van der Waals surface area contributed by atoms with Crippen molar-refractivity contribution in [3.05, 3.63) is 0 Å². The summed E-state index contributed by atoms with van der Waals surface area (Å²) in [4.78, 5) is 5.25. The van der Waals surface area contributed by atoms with E-state index < -0.39 is 0 Å². The molecule has 2 heterocycles. The molecule has 2 heteroatoms. The fourth-order valence-electron chi connectivity index (χ4n) is 3.99. The highest BCUT2D eigenvalue weighted by Gasteiger charge is 2.44. The van der Waals surface area contributed by atoms with Crippen molar-refractivity contribution in [1.29, 1.82) is 0 Å². The SMILES string of the molecule is CCCC(C)CN1CC2(CCN(CC#CC(C)CC)CC2)C1. The topological polar surface area (TPSA) is 6.48 Å². The van der Waals surface area contributed by atoms with Crippen LogP contribution in [0.2, 0.25) is 0 Å². The molecule has 2 saturated heterocycles. The molecule has 126 valence electrons. The van der Waals surface area contributed by atoms with Gasteiger partial charge in [-0.05, 0) is 50.1 Å². The molecule has 2 aliphatic rings. The minimum atomic E-state index is 0.557. The van der Waals surface area contributed by atoms with Crippen LogP contribution < -0.4 is 0 Å². The summed E-state index contributed by atoms with van der Waals surface area (Å²) >= 11 is 0. The molecule has 0 N–H and O–H groups in total. The molecule has 2 rings (SSSR count). The molecule has 0 aromatic rings. The van der Waals surface area contributed by atoms with E-state index in [1.807, 2.05) is 0 Å². The minimum absolute atomic E-state index is 0.557. The molecular formula is C20H36N2. The van der Waals surface area contributed by atoms with Gasteiger partial charge in [-0.1, -0.05) is 46.0 Å². The molecule has 2 nitrogen and oxygen atoms in total. The molecule has 0 bridgehead atoms. The van der Waals surface area contributed by atoms with E-state index in [2.05, 4.69) is 49.3 Å². The van der Waals surface area contributed by atoms with Crippen LogP contribution in [0.3, 0.4) is 0 Å². The average molecular weight is 305 g/mol. The Labute approximate surface area is 138 Å². The van der Waals surface area contributed by atoms with Crippen LogP contribution in [0.5, 0.6) is 0 Å². The van der Waals surface area contributed by atoms with E-state index in [-0.39, 0.29) is 0 Å². The van der Waals surface area contributed by atoms with Crippen LogP contribution in [-0.4, -0.2) is 49.1 Å². The summed E-state index contributed by atoms with van der Waals surface area (Å²) in [5, 5.41) is 0. The van der Waals surface area contributed by atoms with E-state index in [0.29, 0.717) is 11.3 Å². The average Bonchev–Trinajstić information content (AvgIpc) is 2.47. The molecule has 0 radical (unpaired) electrons. The number of hydrogen-bond acceptors (Lipinski definition) is 2. The fourth-order valence-corrected chi connectivity index (χ4v) is 3.99. The number of hydrogen-bond donors (Lipinski definition) is 0. The lowest BCUT2D eigenvalue weighted by Crippen LogP contribution is -2.60. The third kappa shape index (κ3) is 5.00. The lowest BCUT2D eigenvalue weighted by atomic mass is 9.71. The zero-order valence-electron chi connectivity index (χ0n) is 15.3. The van der Waals surface area contributed by atoms with Crippen molar-refractivity contribution in [2.45, 2.75) is 59.8 Å². The summed E-state index contributed by atoms with van der Waals surface area (Å²) < 4.78 is 0. The molecule has 0 saturated carbocycles. The van der Waals surface area contributed by atoms with E-state index in [0.717, 1.165) is 12.5 Å². The lowest BCUT2D eigenvalue weighted by molar-refractivity contribution is -0.0506. The van der Waals surface area contributed by atoms with Gasteiger partial charge in [0.05, 0.1) is 6.54 Å². The largest absolute Gasteiger partial charge is 0.302 e. The molecule has 2 atom stereocenters. The highest BCUT2D eigenvalue weighted by atomic mass is 15.2. The normalized spacial score (nSPS) is 24.4. The Morgan fingerprint density at radius 1 is 1.05 bits per heavy atom. The van der Waals surface area contributed by atoms with Crippen molar-refractivity contribution in [2.75, 3.05) is 39.3 Å². The van der Waals surface area contributed by atoms with Crippen LogP contribution in [0.15, 0.2) is 0 Å². The highest BCUT2D eigenvalue weighted by molar-refractivity contribution is 5.06. The standard InChI is InChI=1S/C20H36N2/c1-5-8-19(4)15-22-16-20(17-22)10-13-21(14-11-20)12-7-9-18(3)6-2/h18-19H,5-6,8,10-17H2,1-4H3. The van der Waals surface area contributed by atoms with E-state index in [1.54, 1.807) is 0 Å². The van der Waals surface area contributed by atoms with E-state index in [1.165, 1.54) is 64.8 Å². The van der Waals surface area contributed by atoms with Gasteiger partial charge >= 0.3 is 0 Å². The summed E-state index contributed by atoms with van der Waals surface area (Å²) in [6.45, 7) is 16.7. The van der Waals surface area contributed by atoms with Crippen molar-refractivity contribution >= 4 is 0 Å². The lowest BCUT2D eigenvalue weighted by Gasteiger charge is -2.54. The Bertz CT molecular complexity index is 376. The van der Waals surface area contributed by atoms with Crippen molar-refractivity contribution < 1.29 is 0 Å². The van der Waals surface area contributed by atoms with Crippen molar-refractivity contribution in [1.82, 2.24) is 9.80 Å². The van der Waals surface area contributed by atoms with Gasteiger partial charge in [-0.2, -0.15) is 0 Å². The monoisotopic (exact) mass is 304 g/mol. The van der Waals surface area contributed by atoms with Crippen LogP contribution >= 0.6 is 0 Å². The number of rotatable bonds is 6. The van der Waals surface area contributed by atoms with Crippen molar-refractivity contribution in [2.24, 2.45) is 17.3 Å². The third-order valence-electron chi connectivity index (χ3n) is 5.65. The molecule has 0 aromatic heterocycles. The van der Waals surface area contributed by atoms with Crippen LogP contribution in [0, 0.1) is 29.1 Å². The van der Waals surface area contributed by atoms with E-state index >= 15 is 0 Å². The number of piperidine rings is 1. The second-order valence-electron chi connectivity index (χ2n) is 7.97. The highest BCUT2D eigenvalue weighted by Crippen LogP contribution is 2.40. The molecule has 2 fully saturated rings. The summed E-state index contributed by atoms with van der Waals surface area (Å²) in [6, 6.07) is 0. The maximum Gasteiger partial charge on any atom is 0.0601 e. The van der Waals surface area contributed by atoms with Gasteiger partial charge in [0.25, 0.3) is 0 Å². The first-order chi connectivity index (χ1) is 10.6. The van der Waals surface area contributed by atoms with E-state index in [4.69, 9.17) is 0 Å². The molecule has 0 aromatic carbocycles. The first-order valence-corrected chi connectivity index (χ1v) is 9.50. The number of nitrogens with zero attached hydrogens (tertiary/aromatic N) is 2. The maximum atomic E-state index is 3.38. The van der Waals surface area contributed by atoms with Gasteiger partial charge in [0, 0.05) is 25.6 Å². The van der Waals surface area contributed by atoms with Crippen LogP contribution in [-0.2, 0) is 0 Å². The van der Waals surface area contributed by atoms with Gasteiger partial charge in [-0.3, -0.25) is 4.90 Å². The summed E-state index contributed by atoms with van der Waals surface area (Å²) in [5.41, 5.74) is 0.659. The molecular weight excluding hydrogens is 268 g/mol. The van der Waals surface area contributed by atoms with Gasteiger partial charge in [-0.15, -0.1) is 0 Å². The van der Waals surface area contributed by atoms with Gasteiger partial charge in [0.2, 0.25) is 0 Å². The first kappa shape index (κ1) is 17.8.